The standard InChI is InChI=1S/C12H13NO3/c1-7(2)16-8-3-4-9-10(5-8)13-12(15)6-11(9)14/h3-7H,1-2H3,(H2,13,14,15). The molecule has 1 aromatic carbocycles. The van der Waals surface area contributed by atoms with Gasteiger partial charge >= 0.3 is 0 Å². The number of aromatic nitrogens is 1. The molecule has 2 rings (SSSR count). The van der Waals surface area contributed by atoms with E-state index < -0.39 is 0 Å². The van der Waals surface area contributed by atoms with E-state index >= 15 is 0 Å². The van der Waals surface area contributed by atoms with E-state index in [-0.39, 0.29) is 17.4 Å². The molecule has 0 fully saturated rings. The van der Waals surface area contributed by atoms with Crippen molar-refractivity contribution in [2.75, 3.05) is 0 Å². The second kappa shape index (κ2) is 3.89. The van der Waals surface area contributed by atoms with Crippen molar-refractivity contribution in [2.45, 2.75) is 20.0 Å². The van der Waals surface area contributed by atoms with Crippen molar-refractivity contribution >= 4 is 10.9 Å². The number of pyridine rings is 1. The van der Waals surface area contributed by atoms with Gasteiger partial charge in [-0.3, -0.25) is 4.79 Å². The first kappa shape index (κ1) is 10.5. The van der Waals surface area contributed by atoms with Crippen molar-refractivity contribution < 1.29 is 9.84 Å². The van der Waals surface area contributed by atoms with Gasteiger partial charge in [-0.1, -0.05) is 0 Å². The highest BCUT2D eigenvalue weighted by Gasteiger charge is 2.04. The zero-order chi connectivity index (χ0) is 11.7. The third kappa shape index (κ3) is 2.00. The van der Waals surface area contributed by atoms with E-state index in [1.807, 2.05) is 13.8 Å². The second-order valence-electron chi connectivity index (χ2n) is 3.89. The molecular weight excluding hydrogens is 206 g/mol. The molecule has 4 nitrogen and oxygen atoms in total. The first-order valence-electron chi connectivity index (χ1n) is 5.09. The zero-order valence-corrected chi connectivity index (χ0v) is 9.15. The van der Waals surface area contributed by atoms with Crippen LogP contribution in [0.15, 0.2) is 29.1 Å². The van der Waals surface area contributed by atoms with E-state index in [1.165, 1.54) is 0 Å². The van der Waals surface area contributed by atoms with Crippen LogP contribution in [0.25, 0.3) is 10.9 Å². The minimum atomic E-state index is -0.327. The van der Waals surface area contributed by atoms with Crippen molar-refractivity contribution in [2.24, 2.45) is 0 Å². The second-order valence-corrected chi connectivity index (χ2v) is 3.89. The Balaban J connectivity index is 2.57. The number of hydrogen-bond acceptors (Lipinski definition) is 3. The Bertz CT molecular complexity index is 572. The van der Waals surface area contributed by atoms with Crippen LogP contribution in [0.3, 0.4) is 0 Å². The molecule has 1 aromatic heterocycles. The summed E-state index contributed by atoms with van der Waals surface area (Å²) in [5.74, 6) is 0.651. The van der Waals surface area contributed by atoms with Gasteiger partial charge in [0, 0.05) is 17.5 Å². The summed E-state index contributed by atoms with van der Waals surface area (Å²) in [5, 5.41) is 10.2. The summed E-state index contributed by atoms with van der Waals surface area (Å²) in [4.78, 5) is 13.8. The SMILES string of the molecule is CC(C)Oc1ccc2c(O)cc(=O)[nH]c2c1. The molecule has 0 aliphatic heterocycles. The molecule has 0 amide bonds. The van der Waals surface area contributed by atoms with Gasteiger partial charge in [0.15, 0.2) is 0 Å². The zero-order valence-electron chi connectivity index (χ0n) is 9.15. The summed E-state index contributed by atoms with van der Waals surface area (Å²) in [6.07, 6.45) is 0.0708. The number of rotatable bonds is 2. The average molecular weight is 219 g/mol. The molecule has 84 valence electrons. The molecule has 2 aromatic rings. The number of ether oxygens (including phenoxy) is 1. The number of fused-ring (bicyclic) bond motifs is 1. The molecule has 0 saturated carbocycles. The number of nitrogens with one attached hydrogen (secondary N) is 1. The predicted octanol–water partition coefficient (Wildman–Crippen LogP) is 2.02. The van der Waals surface area contributed by atoms with E-state index in [2.05, 4.69) is 4.98 Å². The maximum absolute atomic E-state index is 11.2. The van der Waals surface area contributed by atoms with Crippen LogP contribution in [-0.2, 0) is 0 Å². The Morgan fingerprint density at radius 3 is 2.75 bits per heavy atom. The molecule has 0 radical (unpaired) electrons. The first-order chi connectivity index (χ1) is 7.56. The molecule has 0 spiro atoms. The lowest BCUT2D eigenvalue weighted by atomic mass is 10.2. The highest BCUT2D eigenvalue weighted by Crippen LogP contribution is 2.25. The van der Waals surface area contributed by atoms with Gasteiger partial charge in [0.1, 0.15) is 11.5 Å². The van der Waals surface area contributed by atoms with Crippen molar-refractivity contribution in [3.8, 4) is 11.5 Å². The topological polar surface area (TPSA) is 62.3 Å². The van der Waals surface area contributed by atoms with Gasteiger partial charge in [0.05, 0.1) is 11.6 Å². The normalized spacial score (nSPS) is 10.9. The van der Waals surface area contributed by atoms with Crippen LogP contribution in [0.1, 0.15) is 13.8 Å². The lowest BCUT2D eigenvalue weighted by Gasteiger charge is -2.10. The largest absolute Gasteiger partial charge is 0.507 e. The maximum atomic E-state index is 11.2. The number of H-pyrrole nitrogens is 1. The van der Waals surface area contributed by atoms with E-state index in [9.17, 15) is 9.90 Å². The summed E-state index contributed by atoms with van der Waals surface area (Å²) < 4.78 is 5.50. The van der Waals surface area contributed by atoms with Gasteiger partial charge in [-0.25, -0.2) is 0 Å². The van der Waals surface area contributed by atoms with E-state index in [1.54, 1.807) is 18.2 Å². The molecule has 0 saturated heterocycles. The monoisotopic (exact) mass is 219 g/mol. The lowest BCUT2D eigenvalue weighted by molar-refractivity contribution is 0.242. The van der Waals surface area contributed by atoms with Gasteiger partial charge < -0.3 is 14.8 Å². The average Bonchev–Trinajstić information content (AvgIpc) is 2.15. The number of hydrogen-bond donors (Lipinski definition) is 2. The van der Waals surface area contributed by atoms with Gasteiger partial charge in [-0.15, -0.1) is 0 Å². The summed E-state index contributed by atoms with van der Waals surface area (Å²) in [6, 6.07) is 6.35. The fourth-order valence-corrected chi connectivity index (χ4v) is 1.57. The molecule has 0 atom stereocenters. The number of aromatic hydroxyl groups is 1. The molecule has 0 aliphatic carbocycles. The van der Waals surface area contributed by atoms with E-state index in [4.69, 9.17) is 4.74 Å². The first-order valence-corrected chi connectivity index (χ1v) is 5.09. The quantitative estimate of drug-likeness (QED) is 0.812. The Kier molecular flexibility index (Phi) is 2.56. The Morgan fingerprint density at radius 2 is 2.06 bits per heavy atom. The van der Waals surface area contributed by atoms with Gasteiger partial charge in [0.25, 0.3) is 5.56 Å². The summed E-state index contributed by atoms with van der Waals surface area (Å²) in [7, 11) is 0. The van der Waals surface area contributed by atoms with Crippen molar-refractivity contribution in [3.05, 3.63) is 34.6 Å². The summed E-state index contributed by atoms with van der Waals surface area (Å²) >= 11 is 0. The van der Waals surface area contributed by atoms with E-state index in [0.717, 1.165) is 6.07 Å². The maximum Gasteiger partial charge on any atom is 0.252 e. The third-order valence-corrected chi connectivity index (χ3v) is 2.16. The molecule has 0 unspecified atom stereocenters. The molecule has 1 heterocycles. The fraction of sp³-hybridized carbons (Fsp3) is 0.250. The van der Waals surface area contributed by atoms with Gasteiger partial charge in [-0.05, 0) is 26.0 Å². The third-order valence-electron chi connectivity index (χ3n) is 2.16. The highest BCUT2D eigenvalue weighted by molar-refractivity contribution is 5.85. The fourth-order valence-electron chi connectivity index (χ4n) is 1.57. The lowest BCUT2D eigenvalue weighted by Crippen LogP contribution is -2.06. The van der Waals surface area contributed by atoms with Crippen LogP contribution < -0.4 is 10.3 Å². The minimum absolute atomic E-state index is 0.0187. The Labute approximate surface area is 92.5 Å². The molecule has 0 bridgehead atoms. The molecule has 16 heavy (non-hydrogen) atoms. The number of aromatic amines is 1. The predicted molar refractivity (Wildman–Crippen MR) is 62.0 cm³/mol. The minimum Gasteiger partial charge on any atom is -0.507 e. The van der Waals surface area contributed by atoms with Gasteiger partial charge in [0.2, 0.25) is 0 Å². The Hall–Kier alpha value is -1.97. The van der Waals surface area contributed by atoms with Gasteiger partial charge in [-0.2, -0.15) is 0 Å². The van der Waals surface area contributed by atoms with Crippen molar-refractivity contribution in [3.63, 3.8) is 0 Å². The molecule has 2 N–H and O–H groups in total. The van der Waals surface area contributed by atoms with Crippen LogP contribution in [0.2, 0.25) is 0 Å². The summed E-state index contributed by atoms with van der Waals surface area (Å²) in [5.41, 5.74) is 0.245. The van der Waals surface area contributed by atoms with Crippen molar-refractivity contribution in [1.29, 1.82) is 0 Å². The molecular formula is C12H13NO3. The molecule has 0 aliphatic rings. The van der Waals surface area contributed by atoms with E-state index in [0.29, 0.717) is 16.7 Å². The number of benzene rings is 1. The Morgan fingerprint density at radius 1 is 1.31 bits per heavy atom. The highest BCUT2D eigenvalue weighted by atomic mass is 16.5. The smallest absolute Gasteiger partial charge is 0.252 e. The van der Waals surface area contributed by atoms with Crippen LogP contribution >= 0.6 is 0 Å². The van der Waals surface area contributed by atoms with Crippen molar-refractivity contribution in [1.82, 2.24) is 4.98 Å². The van der Waals surface area contributed by atoms with Crippen LogP contribution in [-0.4, -0.2) is 16.2 Å². The molecule has 4 heteroatoms. The van der Waals surface area contributed by atoms with Crippen LogP contribution in [0, 0.1) is 0 Å². The van der Waals surface area contributed by atoms with Crippen LogP contribution in [0.4, 0.5) is 0 Å². The van der Waals surface area contributed by atoms with Crippen LogP contribution in [0.5, 0.6) is 11.5 Å². The summed E-state index contributed by atoms with van der Waals surface area (Å²) in [6.45, 7) is 3.85.